The van der Waals surface area contributed by atoms with Gasteiger partial charge in [0.1, 0.15) is 22.6 Å². The fourth-order valence-corrected chi connectivity index (χ4v) is 5.15. The van der Waals surface area contributed by atoms with Crippen LogP contribution in [0.1, 0.15) is 10.9 Å². The Labute approximate surface area is 181 Å². The molecule has 10 heteroatoms. The van der Waals surface area contributed by atoms with Crippen LogP contribution >= 0.6 is 23.5 Å². The molecule has 1 atom stereocenters. The summed E-state index contributed by atoms with van der Waals surface area (Å²) in [5.74, 6) is -2.00. The van der Waals surface area contributed by atoms with Crippen LogP contribution in [-0.2, 0) is 4.79 Å². The largest absolute Gasteiger partial charge is 0.508 e. The van der Waals surface area contributed by atoms with E-state index in [-0.39, 0.29) is 33.5 Å². The lowest BCUT2D eigenvalue weighted by Gasteiger charge is -2.37. The first kappa shape index (κ1) is 20.9. The van der Waals surface area contributed by atoms with Gasteiger partial charge in [-0.2, -0.15) is 4.47 Å². The van der Waals surface area contributed by atoms with Crippen LogP contribution < -0.4 is 4.47 Å². The molecule has 2 aliphatic rings. The highest BCUT2D eigenvalue weighted by Crippen LogP contribution is 2.53. The molecular formula is C20H18ClF2N3O3S. The number of carbonyl (C=O) groups excluding carboxylic acids is 1. The number of benzene rings is 2. The normalized spacial score (nSPS) is 19.1. The van der Waals surface area contributed by atoms with E-state index in [1.165, 1.54) is 12.1 Å². The molecule has 6 nitrogen and oxygen atoms in total. The molecule has 2 aromatic rings. The third kappa shape index (κ3) is 3.51. The average molecular weight is 454 g/mol. The predicted molar refractivity (Wildman–Crippen MR) is 111 cm³/mol. The van der Waals surface area contributed by atoms with E-state index < -0.39 is 17.0 Å². The standard InChI is InChI=1S/C20H18ClF2N3O3S/c1-2-16(28)24-5-7-25(8-6-24)20-13-10-14(21)17(18(23)19(13)26(29)30-20)12-9-11(27)3-4-15(12)22/h2-4,9-10,20,27,29H,1,5-8H2. The Bertz CT molecular complexity index is 1030. The molecule has 2 aromatic carbocycles. The van der Waals surface area contributed by atoms with Gasteiger partial charge in [0.2, 0.25) is 5.91 Å². The van der Waals surface area contributed by atoms with Crippen molar-refractivity contribution in [2.75, 3.05) is 30.6 Å². The van der Waals surface area contributed by atoms with Gasteiger partial charge in [0.15, 0.2) is 5.82 Å². The van der Waals surface area contributed by atoms with E-state index in [0.717, 1.165) is 34.6 Å². The first-order chi connectivity index (χ1) is 14.3. The van der Waals surface area contributed by atoms with Crippen molar-refractivity contribution in [3.8, 4) is 16.9 Å². The van der Waals surface area contributed by atoms with Gasteiger partial charge < -0.3 is 10.0 Å². The van der Waals surface area contributed by atoms with Crippen molar-refractivity contribution in [2.45, 2.75) is 5.37 Å². The van der Waals surface area contributed by atoms with E-state index >= 15 is 4.39 Å². The molecule has 1 amide bonds. The molecule has 4 rings (SSSR count). The van der Waals surface area contributed by atoms with E-state index in [1.807, 2.05) is 4.90 Å². The predicted octanol–water partition coefficient (Wildman–Crippen LogP) is 4.18. The highest BCUT2D eigenvalue weighted by Gasteiger charge is 2.39. The highest BCUT2D eigenvalue weighted by molar-refractivity contribution is 8.01. The number of halogens is 3. The number of aromatic hydroxyl groups is 1. The van der Waals surface area contributed by atoms with E-state index in [2.05, 4.69) is 6.58 Å². The Balaban J connectivity index is 1.69. The summed E-state index contributed by atoms with van der Waals surface area (Å²) in [5.41, 5.74) is -0.0706. The molecule has 0 radical (unpaired) electrons. The van der Waals surface area contributed by atoms with Crippen LogP contribution in [0.3, 0.4) is 0 Å². The van der Waals surface area contributed by atoms with Gasteiger partial charge in [-0.1, -0.05) is 18.2 Å². The monoisotopic (exact) mass is 453 g/mol. The van der Waals surface area contributed by atoms with Crippen molar-refractivity contribution >= 4 is 35.1 Å². The van der Waals surface area contributed by atoms with Gasteiger partial charge in [0, 0.05) is 54.8 Å². The summed E-state index contributed by atoms with van der Waals surface area (Å²) in [5, 5.41) is 19.6. The fourth-order valence-electron chi connectivity index (χ4n) is 3.73. The number of hydrogen-bond donors (Lipinski definition) is 2. The van der Waals surface area contributed by atoms with Gasteiger partial charge in [0.25, 0.3) is 0 Å². The van der Waals surface area contributed by atoms with Gasteiger partial charge in [-0.15, -0.1) is 0 Å². The summed E-state index contributed by atoms with van der Waals surface area (Å²) in [7, 11) is 0. The third-order valence-corrected chi connectivity index (χ3v) is 6.66. The van der Waals surface area contributed by atoms with Crippen molar-refractivity contribution in [1.29, 1.82) is 0 Å². The second kappa shape index (κ2) is 8.07. The molecule has 1 unspecified atom stereocenters. The number of nitrogens with zero attached hydrogens (tertiary/aromatic N) is 3. The molecule has 30 heavy (non-hydrogen) atoms. The summed E-state index contributed by atoms with van der Waals surface area (Å²) >= 11 is 7.33. The third-order valence-electron chi connectivity index (χ3n) is 5.23. The van der Waals surface area contributed by atoms with Crippen molar-refractivity contribution in [3.63, 3.8) is 0 Å². The maximum absolute atomic E-state index is 15.4. The second-order valence-corrected chi connectivity index (χ2v) is 8.36. The van der Waals surface area contributed by atoms with Crippen LogP contribution in [0.4, 0.5) is 14.5 Å². The number of piperazine rings is 1. The lowest BCUT2D eigenvalue weighted by Crippen LogP contribution is -2.48. The quantitative estimate of drug-likeness (QED) is 0.537. The molecule has 158 valence electrons. The van der Waals surface area contributed by atoms with Crippen molar-refractivity contribution in [2.24, 2.45) is 0 Å². The zero-order chi connectivity index (χ0) is 21.6. The number of fused-ring (bicyclic) bond motifs is 1. The van der Waals surface area contributed by atoms with E-state index in [4.69, 9.17) is 11.6 Å². The van der Waals surface area contributed by atoms with E-state index in [0.29, 0.717) is 31.7 Å². The van der Waals surface area contributed by atoms with Gasteiger partial charge in [-0.3, -0.25) is 14.9 Å². The maximum Gasteiger partial charge on any atom is 0.246 e. The number of phenolic OH excluding ortho intramolecular Hbond substituents is 1. The molecule has 2 aliphatic heterocycles. The summed E-state index contributed by atoms with van der Waals surface area (Å²) < 4.78 is 30.4. The van der Waals surface area contributed by atoms with Crippen LogP contribution in [0.25, 0.3) is 11.1 Å². The summed E-state index contributed by atoms with van der Waals surface area (Å²) in [6.07, 6.45) is 1.27. The zero-order valence-electron chi connectivity index (χ0n) is 15.7. The number of amides is 1. The Morgan fingerprint density at radius 1 is 1.23 bits per heavy atom. The number of carbonyl (C=O) groups is 1. The minimum Gasteiger partial charge on any atom is -0.508 e. The summed E-state index contributed by atoms with van der Waals surface area (Å²) in [4.78, 5) is 15.5. The van der Waals surface area contributed by atoms with Crippen LogP contribution in [0.2, 0.25) is 5.02 Å². The molecule has 0 spiro atoms. The number of rotatable bonds is 3. The highest BCUT2D eigenvalue weighted by atomic mass is 35.5. The fraction of sp³-hybridized carbons (Fsp3) is 0.250. The molecule has 2 N–H and O–H groups in total. The summed E-state index contributed by atoms with van der Waals surface area (Å²) in [6.45, 7) is 5.49. The minimum absolute atomic E-state index is 0.0304. The number of anilines is 1. The van der Waals surface area contributed by atoms with Crippen LogP contribution in [-0.4, -0.2) is 52.2 Å². The Morgan fingerprint density at radius 2 is 1.93 bits per heavy atom. The van der Waals surface area contributed by atoms with E-state index in [1.54, 1.807) is 4.90 Å². The van der Waals surface area contributed by atoms with Crippen LogP contribution in [0.5, 0.6) is 5.75 Å². The first-order valence-electron chi connectivity index (χ1n) is 9.13. The molecule has 0 saturated carbocycles. The van der Waals surface area contributed by atoms with Gasteiger partial charge in [-0.05, 0) is 30.3 Å². The SMILES string of the molecule is C=CC(=O)N1CCN(C2SN(O)c3c2cc(Cl)c(-c2cc(O)ccc2F)c3F)CC1. The molecule has 0 aliphatic carbocycles. The van der Waals surface area contributed by atoms with Crippen molar-refractivity contribution in [1.82, 2.24) is 9.80 Å². The minimum atomic E-state index is -0.875. The number of hydrogen-bond acceptors (Lipinski definition) is 6. The first-order valence-corrected chi connectivity index (χ1v) is 10.3. The van der Waals surface area contributed by atoms with Crippen LogP contribution in [0.15, 0.2) is 36.9 Å². The van der Waals surface area contributed by atoms with Crippen LogP contribution in [0, 0.1) is 11.6 Å². The topological polar surface area (TPSA) is 67.3 Å². The average Bonchev–Trinajstić information content (AvgIpc) is 3.06. The Hall–Kier alpha value is -2.33. The maximum atomic E-state index is 15.4. The zero-order valence-corrected chi connectivity index (χ0v) is 17.3. The molecule has 0 bridgehead atoms. The second-order valence-electron chi connectivity index (χ2n) is 6.95. The molecule has 2 heterocycles. The lowest BCUT2D eigenvalue weighted by molar-refractivity contribution is -0.127. The van der Waals surface area contributed by atoms with Crippen molar-refractivity contribution in [3.05, 3.63) is 59.1 Å². The lowest BCUT2D eigenvalue weighted by atomic mass is 9.99. The van der Waals surface area contributed by atoms with Gasteiger partial charge >= 0.3 is 0 Å². The Kier molecular flexibility index (Phi) is 5.63. The van der Waals surface area contributed by atoms with Crippen molar-refractivity contribution < 1.29 is 23.9 Å². The summed E-state index contributed by atoms with van der Waals surface area (Å²) in [6, 6.07) is 4.77. The Morgan fingerprint density at radius 3 is 2.60 bits per heavy atom. The van der Waals surface area contributed by atoms with Gasteiger partial charge in [0.05, 0.1) is 5.02 Å². The molecular weight excluding hydrogens is 436 g/mol. The molecule has 1 fully saturated rings. The molecule has 0 aromatic heterocycles. The smallest absolute Gasteiger partial charge is 0.246 e. The molecule has 1 saturated heterocycles. The van der Waals surface area contributed by atoms with Gasteiger partial charge in [-0.25, -0.2) is 8.78 Å². The van der Waals surface area contributed by atoms with E-state index in [9.17, 15) is 19.5 Å². The number of phenols is 1.